The quantitative estimate of drug-likeness (QED) is 0.800. The third-order valence-electron chi connectivity index (χ3n) is 3.93. The summed E-state index contributed by atoms with van der Waals surface area (Å²) in [5.41, 5.74) is 0. The van der Waals surface area contributed by atoms with E-state index in [1.165, 1.54) is 0 Å². The van der Waals surface area contributed by atoms with Crippen LogP contribution in [0.3, 0.4) is 0 Å². The second-order valence-electron chi connectivity index (χ2n) is 5.06. The Kier molecular flexibility index (Phi) is 3.56. The third kappa shape index (κ3) is 2.26. The van der Waals surface area contributed by atoms with Crippen molar-refractivity contribution < 1.29 is 13.5 Å². The fraction of sp³-hybridized carbons (Fsp3) is 1.00. The minimum absolute atomic E-state index is 0.191. The fourth-order valence-electron chi connectivity index (χ4n) is 2.88. The molecular weight excluding hydrogens is 226 g/mol. The summed E-state index contributed by atoms with van der Waals surface area (Å²) in [6.07, 6.45) is 3.18. The maximum Gasteiger partial charge on any atom is 0.214 e. The Morgan fingerprint density at radius 1 is 1.31 bits per heavy atom. The van der Waals surface area contributed by atoms with Crippen molar-refractivity contribution in [2.24, 2.45) is 11.8 Å². The Labute approximate surface area is 97.7 Å². The van der Waals surface area contributed by atoms with Gasteiger partial charge in [0.2, 0.25) is 10.0 Å². The van der Waals surface area contributed by atoms with Gasteiger partial charge in [0, 0.05) is 19.0 Å². The number of rotatable bonds is 4. The van der Waals surface area contributed by atoms with Gasteiger partial charge in [-0.3, -0.25) is 0 Å². The smallest absolute Gasteiger partial charge is 0.214 e. The molecule has 3 unspecified atom stereocenters. The molecule has 0 aromatic carbocycles. The Morgan fingerprint density at radius 2 is 2.06 bits per heavy atom. The van der Waals surface area contributed by atoms with Gasteiger partial charge in [-0.2, -0.15) is 0 Å². The zero-order valence-corrected chi connectivity index (χ0v) is 10.6. The van der Waals surface area contributed by atoms with Crippen LogP contribution < -0.4 is 0 Å². The third-order valence-corrected chi connectivity index (χ3v) is 5.82. The summed E-state index contributed by atoms with van der Waals surface area (Å²) in [6, 6.07) is 0. The van der Waals surface area contributed by atoms with E-state index in [9.17, 15) is 13.5 Å². The van der Waals surface area contributed by atoms with Gasteiger partial charge in [-0.1, -0.05) is 13.3 Å². The van der Waals surface area contributed by atoms with E-state index in [4.69, 9.17) is 0 Å². The lowest BCUT2D eigenvalue weighted by Gasteiger charge is -2.17. The van der Waals surface area contributed by atoms with Gasteiger partial charge in [-0.15, -0.1) is 0 Å². The highest BCUT2D eigenvalue weighted by molar-refractivity contribution is 7.89. The minimum Gasteiger partial charge on any atom is -0.393 e. The number of hydrogen-bond acceptors (Lipinski definition) is 3. The summed E-state index contributed by atoms with van der Waals surface area (Å²) >= 11 is 0. The molecule has 0 spiro atoms. The molecule has 1 heterocycles. The molecule has 5 heteroatoms. The molecule has 1 N–H and O–H groups in total. The maximum absolute atomic E-state index is 12.0. The number of fused-ring (bicyclic) bond motifs is 1. The molecule has 0 radical (unpaired) electrons. The Morgan fingerprint density at radius 3 is 2.69 bits per heavy atom. The van der Waals surface area contributed by atoms with E-state index in [1.807, 2.05) is 6.92 Å². The second-order valence-corrected chi connectivity index (χ2v) is 7.14. The first-order chi connectivity index (χ1) is 7.54. The average molecular weight is 247 g/mol. The van der Waals surface area contributed by atoms with Gasteiger partial charge in [0.15, 0.2) is 0 Å². The highest BCUT2D eigenvalue weighted by Gasteiger charge is 2.45. The predicted molar refractivity (Wildman–Crippen MR) is 62.5 cm³/mol. The number of sulfonamides is 1. The van der Waals surface area contributed by atoms with Gasteiger partial charge in [0.1, 0.15) is 0 Å². The van der Waals surface area contributed by atoms with Crippen molar-refractivity contribution in [3.05, 3.63) is 0 Å². The van der Waals surface area contributed by atoms with Crippen LogP contribution in [0.4, 0.5) is 0 Å². The molecule has 1 aliphatic heterocycles. The van der Waals surface area contributed by atoms with E-state index in [-0.39, 0.29) is 17.8 Å². The number of nitrogens with zero attached hydrogens (tertiary/aromatic N) is 1. The molecule has 1 saturated heterocycles. The predicted octanol–water partition coefficient (Wildman–Crippen LogP) is 0.819. The normalized spacial score (nSPS) is 35.5. The van der Waals surface area contributed by atoms with E-state index in [1.54, 1.807) is 4.31 Å². The molecule has 2 fully saturated rings. The summed E-state index contributed by atoms with van der Waals surface area (Å²) in [6.45, 7) is 3.17. The molecule has 0 bridgehead atoms. The molecule has 94 valence electrons. The molecule has 3 atom stereocenters. The van der Waals surface area contributed by atoms with E-state index >= 15 is 0 Å². The lowest BCUT2D eigenvalue weighted by molar-refractivity contribution is 0.129. The van der Waals surface area contributed by atoms with Gasteiger partial charge in [-0.05, 0) is 25.2 Å². The minimum atomic E-state index is -3.07. The first-order valence-electron chi connectivity index (χ1n) is 6.20. The zero-order valence-electron chi connectivity index (χ0n) is 9.80. The lowest BCUT2D eigenvalue weighted by Crippen LogP contribution is -2.32. The summed E-state index contributed by atoms with van der Waals surface area (Å²) in [7, 11) is -3.07. The molecule has 0 aromatic rings. The largest absolute Gasteiger partial charge is 0.393 e. The van der Waals surface area contributed by atoms with E-state index in [0.29, 0.717) is 19.0 Å². The first-order valence-corrected chi connectivity index (χ1v) is 7.81. The highest BCUT2D eigenvalue weighted by Crippen LogP contribution is 2.39. The van der Waals surface area contributed by atoms with E-state index < -0.39 is 10.0 Å². The number of aliphatic hydroxyl groups excluding tert-OH is 1. The molecule has 0 aromatic heterocycles. The van der Waals surface area contributed by atoms with Crippen molar-refractivity contribution in [2.75, 3.05) is 18.8 Å². The Hall–Kier alpha value is -0.130. The Balaban J connectivity index is 1.98. The molecule has 0 amide bonds. The standard InChI is InChI=1S/C11H21NO3S/c1-2-3-6-16(14,15)12-7-9-4-5-11(13)10(9)8-12/h9-11,13H,2-8H2,1H3. The maximum atomic E-state index is 12.0. The molecular formula is C11H21NO3S. The van der Waals surface area contributed by atoms with Crippen LogP contribution in [-0.2, 0) is 10.0 Å². The van der Waals surface area contributed by atoms with Crippen LogP contribution in [0.25, 0.3) is 0 Å². The van der Waals surface area contributed by atoms with Crippen LogP contribution in [0.5, 0.6) is 0 Å². The number of hydrogen-bond donors (Lipinski definition) is 1. The van der Waals surface area contributed by atoms with Crippen molar-refractivity contribution in [1.82, 2.24) is 4.31 Å². The van der Waals surface area contributed by atoms with Crippen molar-refractivity contribution in [3.8, 4) is 0 Å². The zero-order chi connectivity index (χ0) is 11.8. The van der Waals surface area contributed by atoms with Crippen LogP contribution in [0.1, 0.15) is 32.6 Å². The fourth-order valence-corrected chi connectivity index (χ4v) is 4.61. The van der Waals surface area contributed by atoms with Gasteiger partial charge >= 0.3 is 0 Å². The summed E-state index contributed by atoms with van der Waals surface area (Å²) in [4.78, 5) is 0. The van der Waals surface area contributed by atoms with Crippen LogP contribution in [-0.4, -0.2) is 42.8 Å². The summed E-state index contributed by atoms with van der Waals surface area (Å²) < 4.78 is 25.5. The number of aliphatic hydroxyl groups is 1. The average Bonchev–Trinajstić information content (AvgIpc) is 2.79. The summed E-state index contributed by atoms with van der Waals surface area (Å²) in [5, 5.41) is 9.74. The van der Waals surface area contributed by atoms with Gasteiger partial charge < -0.3 is 5.11 Å². The monoisotopic (exact) mass is 247 g/mol. The second kappa shape index (κ2) is 4.63. The van der Waals surface area contributed by atoms with Crippen LogP contribution in [0.15, 0.2) is 0 Å². The Bertz CT molecular complexity index is 341. The van der Waals surface area contributed by atoms with Crippen LogP contribution >= 0.6 is 0 Å². The topological polar surface area (TPSA) is 57.6 Å². The molecule has 1 saturated carbocycles. The molecule has 2 aliphatic rings. The molecule has 4 nitrogen and oxygen atoms in total. The number of unbranched alkanes of at least 4 members (excludes halogenated alkanes) is 1. The van der Waals surface area contributed by atoms with Crippen molar-refractivity contribution in [1.29, 1.82) is 0 Å². The lowest BCUT2D eigenvalue weighted by atomic mass is 10.00. The molecule has 1 aliphatic carbocycles. The van der Waals surface area contributed by atoms with Gasteiger partial charge in [-0.25, -0.2) is 12.7 Å². The summed E-state index contributed by atoms with van der Waals surface area (Å²) in [5.74, 6) is 0.849. The van der Waals surface area contributed by atoms with Crippen molar-refractivity contribution >= 4 is 10.0 Å². The van der Waals surface area contributed by atoms with Gasteiger partial charge in [0.25, 0.3) is 0 Å². The van der Waals surface area contributed by atoms with Crippen LogP contribution in [0, 0.1) is 11.8 Å². The van der Waals surface area contributed by atoms with Crippen molar-refractivity contribution in [2.45, 2.75) is 38.7 Å². The molecule has 2 rings (SSSR count). The van der Waals surface area contributed by atoms with Crippen LogP contribution in [0.2, 0.25) is 0 Å². The highest BCUT2D eigenvalue weighted by atomic mass is 32.2. The van der Waals surface area contributed by atoms with Crippen molar-refractivity contribution in [3.63, 3.8) is 0 Å². The molecule has 16 heavy (non-hydrogen) atoms. The van der Waals surface area contributed by atoms with E-state index in [2.05, 4.69) is 0 Å². The SMILES string of the molecule is CCCCS(=O)(=O)N1CC2CCC(O)C2C1. The van der Waals surface area contributed by atoms with E-state index in [0.717, 1.165) is 25.7 Å². The van der Waals surface area contributed by atoms with Gasteiger partial charge in [0.05, 0.1) is 11.9 Å². The first kappa shape index (κ1) is 12.3.